The molecule has 2 N–H and O–H groups in total. The molecular formula is C28H26BrClF3N5O3. The lowest BCUT2D eigenvalue weighted by Gasteiger charge is -2.35. The number of halogens is 5. The number of amides is 2. The van der Waals surface area contributed by atoms with E-state index in [9.17, 15) is 27.6 Å². The summed E-state index contributed by atoms with van der Waals surface area (Å²) >= 11 is 9.26. The highest BCUT2D eigenvalue weighted by atomic mass is 79.9. The Kier molecular flexibility index (Phi) is 8.65. The van der Waals surface area contributed by atoms with Gasteiger partial charge in [-0.15, -0.1) is 6.58 Å². The first-order valence-corrected chi connectivity index (χ1v) is 13.7. The van der Waals surface area contributed by atoms with Crippen LogP contribution in [-0.4, -0.2) is 45.4 Å². The number of fused-ring (bicyclic) bond motifs is 1. The lowest BCUT2D eigenvalue weighted by Crippen LogP contribution is -2.46. The van der Waals surface area contributed by atoms with Gasteiger partial charge in [0.2, 0.25) is 5.95 Å². The van der Waals surface area contributed by atoms with Crippen LogP contribution >= 0.6 is 27.5 Å². The lowest BCUT2D eigenvalue weighted by molar-refractivity contribution is -0.138. The summed E-state index contributed by atoms with van der Waals surface area (Å²) in [5, 5.41) is 5.75. The number of carbonyl (C=O) groups is 2. The van der Waals surface area contributed by atoms with Crippen molar-refractivity contribution in [1.29, 1.82) is 0 Å². The molecule has 0 fully saturated rings. The van der Waals surface area contributed by atoms with Gasteiger partial charge in [-0.2, -0.15) is 13.2 Å². The highest BCUT2D eigenvalue weighted by molar-refractivity contribution is 9.10. The average Bonchev–Trinajstić information content (AvgIpc) is 2.92. The van der Waals surface area contributed by atoms with E-state index in [1.165, 1.54) is 40.8 Å². The minimum atomic E-state index is -4.65. The van der Waals surface area contributed by atoms with Crippen molar-refractivity contribution < 1.29 is 22.8 Å². The van der Waals surface area contributed by atoms with Gasteiger partial charge in [0, 0.05) is 34.7 Å². The smallest absolute Gasteiger partial charge is 0.355 e. The Hall–Kier alpha value is -3.64. The molecule has 41 heavy (non-hydrogen) atoms. The van der Waals surface area contributed by atoms with Gasteiger partial charge in [0.25, 0.3) is 17.4 Å². The van der Waals surface area contributed by atoms with Gasteiger partial charge in [0.15, 0.2) is 0 Å². The van der Waals surface area contributed by atoms with Gasteiger partial charge < -0.3 is 15.5 Å². The molecule has 0 radical (unpaired) electrons. The minimum absolute atomic E-state index is 0.0870. The van der Waals surface area contributed by atoms with Gasteiger partial charge in [0.1, 0.15) is 0 Å². The third-order valence-corrected chi connectivity index (χ3v) is 7.79. The highest BCUT2D eigenvalue weighted by Crippen LogP contribution is 2.36. The number of anilines is 1. The SMILES string of the molecule is C=C[C@H](C)Nc1nc2c(c(=O)n1-c1ccc(C(=O)NC)c(Cl)c1)C[C@@H](C)N(C(=O)c1ccc(Br)c(C(F)(F)F)c1)C2. The first-order valence-electron chi connectivity index (χ1n) is 12.5. The molecule has 2 amide bonds. The summed E-state index contributed by atoms with van der Waals surface area (Å²) in [7, 11) is 1.48. The van der Waals surface area contributed by atoms with Crippen molar-refractivity contribution in [3.63, 3.8) is 0 Å². The number of benzene rings is 2. The van der Waals surface area contributed by atoms with Gasteiger partial charge in [-0.05, 0) is 56.7 Å². The highest BCUT2D eigenvalue weighted by Gasteiger charge is 2.36. The third-order valence-electron chi connectivity index (χ3n) is 6.79. The van der Waals surface area contributed by atoms with E-state index < -0.39 is 29.2 Å². The van der Waals surface area contributed by atoms with E-state index in [-0.39, 0.29) is 51.5 Å². The van der Waals surface area contributed by atoms with Gasteiger partial charge in [-0.3, -0.25) is 14.4 Å². The van der Waals surface area contributed by atoms with Crippen molar-refractivity contribution in [2.45, 2.75) is 45.1 Å². The molecule has 0 spiro atoms. The molecule has 13 heteroatoms. The molecule has 3 aromatic rings. The molecule has 0 saturated carbocycles. The normalized spacial score (nSPS) is 15.6. The zero-order valence-electron chi connectivity index (χ0n) is 22.3. The van der Waals surface area contributed by atoms with Crippen molar-refractivity contribution in [3.05, 3.63) is 96.9 Å². The molecule has 1 aliphatic rings. The van der Waals surface area contributed by atoms with Crippen LogP contribution in [-0.2, 0) is 19.1 Å². The van der Waals surface area contributed by atoms with E-state index in [0.717, 1.165) is 6.07 Å². The monoisotopic (exact) mass is 651 g/mol. The molecule has 2 atom stereocenters. The van der Waals surface area contributed by atoms with Crippen molar-refractivity contribution in [2.75, 3.05) is 12.4 Å². The summed E-state index contributed by atoms with van der Waals surface area (Å²) in [6, 6.07) is 7.05. The third kappa shape index (κ3) is 6.03. The first-order chi connectivity index (χ1) is 19.3. The Labute approximate surface area is 247 Å². The average molecular weight is 653 g/mol. The van der Waals surface area contributed by atoms with Crippen LogP contribution in [0.15, 0.2) is 58.3 Å². The largest absolute Gasteiger partial charge is 0.417 e. The number of carbonyl (C=O) groups excluding carboxylic acids is 2. The standard InChI is InChI=1S/C28H26BrClF3N5O3/c1-5-14(2)35-27-36-23-13-37(25(40)16-6-9-21(29)20(11-16)28(31,32)33)15(3)10-19(23)26(41)38(27)17-7-8-18(22(30)12-17)24(39)34-4/h5-9,11-12,14-15H,1,10,13H2,2-4H3,(H,34,39)(H,35,36)/t14-,15+/m0/s1. The van der Waals surface area contributed by atoms with Crippen LogP contribution in [0.4, 0.5) is 19.1 Å². The molecule has 216 valence electrons. The molecule has 1 aliphatic heterocycles. The Morgan fingerprint density at radius 1 is 1.24 bits per heavy atom. The molecule has 4 rings (SSSR count). The van der Waals surface area contributed by atoms with E-state index >= 15 is 0 Å². The van der Waals surface area contributed by atoms with Gasteiger partial charge in [-0.25, -0.2) is 9.55 Å². The van der Waals surface area contributed by atoms with E-state index in [1.807, 2.05) is 0 Å². The molecule has 0 aliphatic carbocycles. The fourth-order valence-electron chi connectivity index (χ4n) is 4.53. The number of aromatic nitrogens is 2. The predicted octanol–water partition coefficient (Wildman–Crippen LogP) is 5.60. The fourth-order valence-corrected chi connectivity index (χ4v) is 5.26. The minimum Gasteiger partial charge on any atom is -0.355 e. The Morgan fingerprint density at radius 2 is 1.95 bits per heavy atom. The van der Waals surface area contributed by atoms with Crippen LogP contribution in [0, 0.1) is 0 Å². The van der Waals surface area contributed by atoms with Crippen LogP contribution < -0.4 is 16.2 Å². The maximum absolute atomic E-state index is 13.9. The molecule has 0 bridgehead atoms. The molecule has 1 aromatic heterocycles. The number of nitrogens with one attached hydrogen (secondary N) is 2. The van der Waals surface area contributed by atoms with Crippen molar-refractivity contribution >= 4 is 45.3 Å². The van der Waals surface area contributed by atoms with E-state index in [2.05, 4.69) is 38.1 Å². The van der Waals surface area contributed by atoms with Crippen molar-refractivity contribution in [1.82, 2.24) is 19.8 Å². The molecule has 2 aromatic carbocycles. The molecular weight excluding hydrogens is 627 g/mol. The molecule has 8 nitrogen and oxygen atoms in total. The Balaban J connectivity index is 1.79. The van der Waals surface area contributed by atoms with Crippen LogP contribution in [0.25, 0.3) is 5.69 Å². The molecule has 0 unspecified atom stereocenters. The van der Waals surface area contributed by atoms with Gasteiger partial charge in [0.05, 0.1) is 34.1 Å². The number of alkyl halides is 3. The van der Waals surface area contributed by atoms with Crippen LogP contribution in [0.3, 0.4) is 0 Å². The summed E-state index contributed by atoms with van der Waals surface area (Å²) in [5.74, 6) is -0.852. The summed E-state index contributed by atoms with van der Waals surface area (Å²) in [6.45, 7) is 7.18. The maximum Gasteiger partial charge on any atom is 0.417 e. The number of rotatable bonds is 6. The summed E-state index contributed by atoms with van der Waals surface area (Å²) in [5.41, 5.74) is -0.222. The second kappa shape index (κ2) is 11.7. The van der Waals surface area contributed by atoms with Crippen LogP contribution in [0.1, 0.15) is 51.4 Å². The fraction of sp³-hybridized carbons (Fsp3) is 0.286. The second-order valence-electron chi connectivity index (χ2n) is 9.59. The number of hydrogen-bond donors (Lipinski definition) is 2. The number of nitrogens with zero attached hydrogens (tertiary/aromatic N) is 3. The van der Waals surface area contributed by atoms with E-state index in [0.29, 0.717) is 16.9 Å². The summed E-state index contributed by atoms with van der Waals surface area (Å²) in [4.78, 5) is 45.5. The summed E-state index contributed by atoms with van der Waals surface area (Å²) < 4.78 is 41.6. The molecule has 0 saturated heterocycles. The van der Waals surface area contributed by atoms with Crippen molar-refractivity contribution in [3.8, 4) is 5.69 Å². The van der Waals surface area contributed by atoms with E-state index in [4.69, 9.17) is 11.6 Å². The Bertz CT molecular complexity index is 1610. The topological polar surface area (TPSA) is 96.3 Å². The predicted molar refractivity (Wildman–Crippen MR) is 154 cm³/mol. The Morgan fingerprint density at radius 3 is 2.56 bits per heavy atom. The lowest BCUT2D eigenvalue weighted by atomic mass is 9.98. The van der Waals surface area contributed by atoms with Gasteiger partial charge >= 0.3 is 6.18 Å². The summed E-state index contributed by atoms with van der Waals surface area (Å²) in [6.07, 6.45) is -2.91. The quantitative estimate of drug-likeness (QED) is 0.338. The second-order valence-corrected chi connectivity index (χ2v) is 10.9. The molecule has 2 heterocycles. The van der Waals surface area contributed by atoms with Crippen LogP contribution in [0.5, 0.6) is 0 Å². The number of hydrogen-bond acceptors (Lipinski definition) is 5. The first kappa shape index (κ1) is 30.3. The van der Waals surface area contributed by atoms with Crippen molar-refractivity contribution in [2.24, 2.45) is 0 Å². The van der Waals surface area contributed by atoms with Gasteiger partial charge in [-0.1, -0.05) is 33.6 Å². The zero-order chi connectivity index (χ0) is 30.2. The zero-order valence-corrected chi connectivity index (χ0v) is 24.6. The van der Waals surface area contributed by atoms with E-state index in [1.54, 1.807) is 26.0 Å². The van der Waals surface area contributed by atoms with Crippen LogP contribution in [0.2, 0.25) is 5.02 Å². The maximum atomic E-state index is 13.9.